The van der Waals surface area contributed by atoms with E-state index in [1.165, 1.54) is 5.56 Å². The highest BCUT2D eigenvalue weighted by molar-refractivity contribution is 5.19. The van der Waals surface area contributed by atoms with E-state index in [9.17, 15) is 0 Å². The lowest BCUT2D eigenvalue weighted by Crippen LogP contribution is -2.31. The van der Waals surface area contributed by atoms with Gasteiger partial charge in [0.2, 0.25) is 0 Å². The topological polar surface area (TPSA) is 6.48 Å². The fraction of sp³-hybridized carbons (Fsp3) is 0.429. The summed E-state index contributed by atoms with van der Waals surface area (Å²) in [5.74, 6) is 0. The molecule has 0 bridgehead atoms. The second kappa shape index (κ2) is 4.60. The van der Waals surface area contributed by atoms with Crippen molar-refractivity contribution in [2.45, 2.75) is 32.9 Å². The maximum absolute atomic E-state index is 2.37. The van der Waals surface area contributed by atoms with Gasteiger partial charge in [0, 0.05) is 18.4 Å². The zero-order valence-corrected chi connectivity index (χ0v) is 10.3. The second-order valence-electron chi connectivity index (χ2n) is 4.65. The molecule has 0 aliphatic carbocycles. The van der Waals surface area contributed by atoms with Gasteiger partial charge in [0.15, 0.2) is 0 Å². The SMILES string of the molecule is CC(C)N1C=CN(C(C)c2ccccc2)C1. The van der Waals surface area contributed by atoms with E-state index in [2.05, 4.69) is 73.3 Å². The van der Waals surface area contributed by atoms with Crippen LogP contribution in [0.3, 0.4) is 0 Å². The Morgan fingerprint density at radius 1 is 0.938 bits per heavy atom. The van der Waals surface area contributed by atoms with Gasteiger partial charge in [0.05, 0.1) is 12.7 Å². The van der Waals surface area contributed by atoms with E-state index in [0.717, 1.165) is 6.67 Å². The quantitative estimate of drug-likeness (QED) is 0.765. The van der Waals surface area contributed by atoms with E-state index in [-0.39, 0.29) is 0 Å². The normalized spacial score (nSPS) is 17.2. The fourth-order valence-electron chi connectivity index (χ4n) is 1.96. The third-order valence-corrected chi connectivity index (χ3v) is 3.22. The molecule has 1 atom stereocenters. The fourth-order valence-corrected chi connectivity index (χ4v) is 1.96. The molecule has 2 rings (SSSR count). The van der Waals surface area contributed by atoms with E-state index >= 15 is 0 Å². The van der Waals surface area contributed by atoms with Crippen molar-refractivity contribution in [2.24, 2.45) is 0 Å². The van der Waals surface area contributed by atoms with Gasteiger partial charge in [-0.3, -0.25) is 0 Å². The smallest absolute Gasteiger partial charge is 0.0902 e. The van der Waals surface area contributed by atoms with Crippen molar-refractivity contribution in [3.63, 3.8) is 0 Å². The van der Waals surface area contributed by atoms with Gasteiger partial charge in [-0.2, -0.15) is 0 Å². The molecule has 1 unspecified atom stereocenters. The molecule has 0 aromatic heterocycles. The second-order valence-corrected chi connectivity index (χ2v) is 4.65. The highest BCUT2D eigenvalue weighted by atomic mass is 15.4. The minimum Gasteiger partial charge on any atom is -0.356 e. The Kier molecular flexibility index (Phi) is 3.18. The summed E-state index contributed by atoms with van der Waals surface area (Å²) in [7, 11) is 0. The first-order valence-electron chi connectivity index (χ1n) is 5.93. The Balaban J connectivity index is 2.03. The Bertz CT molecular complexity index is 356. The van der Waals surface area contributed by atoms with Crippen molar-refractivity contribution in [1.29, 1.82) is 0 Å². The maximum atomic E-state index is 2.37. The van der Waals surface area contributed by atoms with Crippen LogP contribution in [0.1, 0.15) is 32.4 Å². The summed E-state index contributed by atoms with van der Waals surface area (Å²) in [5.41, 5.74) is 1.37. The van der Waals surface area contributed by atoms with Crippen molar-refractivity contribution in [2.75, 3.05) is 6.67 Å². The number of hydrogen-bond donors (Lipinski definition) is 0. The van der Waals surface area contributed by atoms with Gasteiger partial charge in [0.25, 0.3) is 0 Å². The lowest BCUT2D eigenvalue weighted by Gasteiger charge is -2.29. The van der Waals surface area contributed by atoms with Crippen LogP contribution in [-0.2, 0) is 0 Å². The molecule has 0 saturated heterocycles. The summed E-state index contributed by atoms with van der Waals surface area (Å²) in [5, 5.41) is 0. The largest absolute Gasteiger partial charge is 0.356 e. The van der Waals surface area contributed by atoms with E-state index in [4.69, 9.17) is 0 Å². The third-order valence-electron chi connectivity index (χ3n) is 3.22. The molecule has 1 heterocycles. The van der Waals surface area contributed by atoms with Gasteiger partial charge in [-0.25, -0.2) is 0 Å². The number of benzene rings is 1. The third kappa shape index (κ3) is 2.21. The van der Waals surface area contributed by atoms with Crippen LogP contribution in [0.15, 0.2) is 42.7 Å². The van der Waals surface area contributed by atoms with Gasteiger partial charge in [-0.1, -0.05) is 30.3 Å². The monoisotopic (exact) mass is 216 g/mol. The standard InChI is InChI=1S/C14H20N2/c1-12(2)15-9-10-16(11-15)13(3)14-7-5-4-6-8-14/h4-10,12-13H,11H2,1-3H3. The molecule has 0 saturated carbocycles. The van der Waals surface area contributed by atoms with Crippen LogP contribution >= 0.6 is 0 Å². The summed E-state index contributed by atoms with van der Waals surface area (Å²) < 4.78 is 0. The molecule has 0 radical (unpaired) electrons. The Labute approximate surface area is 98.2 Å². The number of nitrogens with zero attached hydrogens (tertiary/aromatic N) is 2. The van der Waals surface area contributed by atoms with Gasteiger partial charge < -0.3 is 9.80 Å². The molecular weight excluding hydrogens is 196 g/mol. The highest BCUT2D eigenvalue weighted by Crippen LogP contribution is 2.24. The van der Waals surface area contributed by atoms with Crippen molar-refractivity contribution in [3.05, 3.63) is 48.3 Å². The van der Waals surface area contributed by atoms with Gasteiger partial charge in [-0.05, 0) is 26.3 Å². The number of hydrogen-bond acceptors (Lipinski definition) is 2. The number of rotatable bonds is 3. The van der Waals surface area contributed by atoms with E-state index in [1.54, 1.807) is 0 Å². The predicted molar refractivity (Wildman–Crippen MR) is 67.7 cm³/mol. The molecule has 1 aromatic rings. The minimum atomic E-state index is 0.446. The van der Waals surface area contributed by atoms with Crippen molar-refractivity contribution >= 4 is 0 Å². The lowest BCUT2D eigenvalue weighted by molar-refractivity contribution is 0.197. The lowest BCUT2D eigenvalue weighted by atomic mass is 10.1. The first-order valence-corrected chi connectivity index (χ1v) is 5.93. The Hall–Kier alpha value is -1.44. The van der Waals surface area contributed by atoms with Crippen LogP contribution in [0.25, 0.3) is 0 Å². The molecule has 2 nitrogen and oxygen atoms in total. The zero-order valence-electron chi connectivity index (χ0n) is 10.3. The zero-order chi connectivity index (χ0) is 11.5. The predicted octanol–water partition coefficient (Wildman–Crippen LogP) is 3.20. The van der Waals surface area contributed by atoms with Crippen LogP contribution in [0.2, 0.25) is 0 Å². The molecule has 0 spiro atoms. The summed E-state index contributed by atoms with van der Waals surface area (Å²) in [6, 6.07) is 11.7. The van der Waals surface area contributed by atoms with E-state index in [0.29, 0.717) is 12.1 Å². The van der Waals surface area contributed by atoms with Crippen molar-refractivity contribution in [1.82, 2.24) is 9.80 Å². The summed E-state index contributed by atoms with van der Waals surface area (Å²) >= 11 is 0. The van der Waals surface area contributed by atoms with E-state index in [1.807, 2.05) is 0 Å². The molecule has 1 aromatic carbocycles. The highest BCUT2D eigenvalue weighted by Gasteiger charge is 2.19. The van der Waals surface area contributed by atoms with Crippen LogP contribution in [0, 0.1) is 0 Å². The average Bonchev–Trinajstić information content (AvgIpc) is 2.78. The van der Waals surface area contributed by atoms with Crippen LogP contribution < -0.4 is 0 Å². The van der Waals surface area contributed by atoms with Crippen LogP contribution in [0.5, 0.6) is 0 Å². The molecule has 2 heteroatoms. The molecule has 0 N–H and O–H groups in total. The molecule has 1 aliphatic heterocycles. The first-order chi connectivity index (χ1) is 7.68. The Morgan fingerprint density at radius 2 is 1.56 bits per heavy atom. The van der Waals surface area contributed by atoms with Gasteiger partial charge in [-0.15, -0.1) is 0 Å². The molecule has 0 fully saturated rings. The van der Waals surface area contributed by atoms with Gasteiger partial charge in [0.1, 0.15) is 0 Å². The molecule has 1 aliphatic rings. The molecular formula is C14H20N2. The molecule has 86 valence electrons. The maximum Gasteiger partial charge on any atom is 0.0902 e. The molecule has 0 amide bonds. The van der Waals surface area contributed by atoms with Crippen LogP contribution in [-0.4, -0.2) is 22.5 Å². The average molecular weight is 216 g/mol. The molecule has 16 heavy (non-hydrogen) atoms. The minimum absolute atomic E-state index is 0.446. The Morgan fingerprint density at radius 3 is 2.12 bits per heavy atom. The van der Waals surface area contributed by atoms with Gasteiger partial charge >= 0.3 is 0 Å². The summed E-state index contributed by atoms with van der Waals surface area (Å²) in [6.45, 7) is 7.69. The van der Waals surface area contributed by atoms with Crippen molar-refractivity contribution in [3.8, 4) is 0 Å². The summed E-state index contributed by atoms with van der Waals surface area (Å²) in [6.07, 6.45) is 4.38. The van der Waals surface area contributed by atoms with E-state index < -0.39 is 0 Å². The first kappa shape index (κ1) is 11.1. The summed E-state index contributed by atoms with van der Waals surface area (Å²) in [4.78, 5) is 4.72. The van der Waals surface area contributed by atoms with Crippen molar-refractivity contribution < 1.29 is 0 Å². The van der Waals surface area contributed by atoms with Crippen LogP contribution in [0.4, 0.5) is 0 Å².